The molecule has 0 saturated carbocycles. The van der Waals surface area contributed by atoms with Crippen molar-refractivity contribution in [2.75, 3.05) is 5.88 Å². The molecule has 0 amide bonds. The normalized spacial score (nSPS) is 11.6. The van der Waals surface area contributed by atoms with Gasteiger partial charge in [0, 0.05) is 28.0 Å². The van der Waals surface area contributed by atoms with Crippen LogP contribution in [0.1, 0.15) is 12.0 Å². The fourth-order valence-corrected chi connectivity index (χ4v) is 1.85. The molecule has 0 fully saturated rings. The summed E-state index contributed by atoms with van der Waals surface area (Å²) in [6, 6.07) is 6.04. The zero-order valence-corrected chi connectivity index (χ0v) is 9.65. The predicted octanol–water partition coefficient (Wildman–Crippen LogP) is 4.46. The van der Waals surface area contributed by atoms with Crippen molar-refractivity contribution in [1.29, 1.82) is 0 Å². The van der Waals surface area contributed by atoms with E-state index in [9.17, 15) is 0 Å². The van der Waals surface area contributed by atoms with Gasteiger partial charge < -0.3 is 4.98 Å². The van der Waals surface area contributed by atoms with E-state index in [4.69, 9.17) is 23.2 Å². The van der Waals surface area contributed by atoms with E-state index in [1.807, 2.05) is 30.5 Å². The van der Waals surface area contributed by atoms with Gasteiger partial charge in [0.25, 0.3) is 0 Å². The number of allylic oxidation sites excluding steroid dienone is 1. The lowest BCUT2D eigenvalue weighted by Crippen LogP contribution is -1.77. The molecule has 0 bridgehead atoms. The number of aromatic nitrogens is 1. The lowest BCUT2D eigenvalue weighted by Gasteiger charge is -1.99. The van der Waals surface area contributed by atoms with Gasteiger partial charge in [-0.15, -0.1) is 11.6 Å². The first-order valence-corrected chi connectivity index (χ1v) is 5.71. The van der Waals surface area contributed by atoms with Gasteiger partial charge >= 0.3 is 0 Å². The van der Waals surface area contributed by atoms with Gasteiger partial charge in [-0.25, -0.2) is 0 Å². The maximum atomic E-state index is 6.13. The molecule has 0 spiro atoms. The summed E-state index contributed by atoms with van der Waals surface area (Å²) < 4.78 is 0. The molecular formula is C12H11Cl2N. The van der Waals surface area contributed by atoms with Crippen LogP contribution in [0.2, 0.25) is 5.02 Å². The molecule has 0 unspecified atom stereocenters. The second-order valence-electron chi connectivity index (χ2n) is 3.32. The Kier molecular flexibility index (Phi) is 3.34. The molecule has 0 aliphatic heterocycles. The van der Waals surface area contributed by atoms with E-state index >= 15 is 0 Å². The minimum atomic E-state index is 0.639. The number of aromatic amines is 1. The van der Waals surface area contributed by atoms with Gasteiger partial charge in [-0.05, 0) is 30.2 Å². The fraction of sp³-hybridized carbons (Fsp3) is 0.167. The van der Waals surface area contributed by atoms with Crippen LogP contribution in [0.15, 0.2) is 30.5 Å². The molecule has 1 aromatic heterocycles. The third-order valence-electron chi connectivity index (χ3n) is 2.24. The van der Waals surface area contributed by atoms with Gasteiger partial charge in [-0.2, -0.15) is 0 Å². The Balaban J connectivity index is 2.37. The van der Waals surface area contributed by atoms with E-state index in [1.165, 1.54) is 5.39 Å². The van der Waals surface area contributed by atoms with Crippen molar-refractivity contribution in [3.63, 3.8) is 0 Å². The van der Waals surface area contributed by atoms with Crippen molar-refractivity contribution < 1.29 is 0 Å². The van der Waals surface area contributed by atoms with E-state index in [-0.39, 0.29) is 0 Å². The zero-order valence-electron chi connectivity index (χ0n) is 8.13. The van der Waals surface area contributed by atoms with Crippen LogP contribution in [0, 0.1) is 0 Å². The maximum absolute atomic E-state index is 6.13. The van der Waals surface area contributed by atoms with Crippen LogP contribution in [0.5, 0.6) is 0 Å². The van der Waals surface area contributed by atoms with Gasteiger partial charge in [-0.1, -0.05) is 23.8 Å². The molecule has 0 aliphatic carbocycles. The van der Waals surface area contributed by atoms with Crippen LogP contribution in [0.25, 0.3) is 17.0 Å². The van der Waals surface area contributed by atoms with Crippen molar-refractivity contribution >= 4 is 40.2 Å². The molecule has 78 valence electrons. The summed E-state index contributed by atoms with van der Waals surface area (Å²) >= 11 is 11.7. The number of benzene rings is 1. The van der Waals surface area contributed by atoms with Crippen molar-refractivity contribution in [3.8, 4) is 0 Å². The van der Waals surface area contributed by atoms with Crippen LogP contribution in [-0.4, -0.2) is 10.9 Å². The van der Waals surface area contributed by atoms with E-state index in [0.717, 1.165) is 22.5 Å². The van der Waals surface area contributed by atoms with Crippen LogP contribution < -0.4 is 0 Å². The second-order valence-corrected chi connectivity index (χ2v) is 4.10. The lowest BCUT2D eigenvalue weighted by atomic mass is 10.1. The van der Waals surface area contributed by atoms with Gasteiger partial charge in [0.2, 0.25) is 0 Å². The van der Waals surface area contributed by atoms with E-state index in [2.05, 4.69) is 11.1 Å². The standard InChI is InChI=1S/C12H11Cl2N/c13-5-2-1-3-9-7-10-4-6-15-12(10)8-11(9)14/h1,3-4,6-8,15H,2,5H2. The number of hydrogen-bond acceptors (Lipinski definition) is 0. The molecule has 0 radical (unpaired) electrons. The fourth-order valence-electron chi connectivity index (χ4n) is 1.49. The first kappa shape index (κ1) is 10.6. The Morgan fingerprint density at radius 1 is 1.33 bits per heavy atom. The van der Waals surface area contributed by atoms with Crippen molar-refractivity contribution in [3.05, 3.63) is 41.1 Å². The van der Waals surface area contributed by atoms with Crippen LogP contribution in [-0.2, 0) is 0 Å². The highest BCUT2D eigenvalue weighted by atomic mass is 35.5. The minimum Gasteiger partial charge on any atom is -0.361 e. The van der Waals surface area contributed by atoms with Gasteiger partial charge in [0.1, 0.15) is 0 Å². The summed E-state index contributed by atoms with van der Waals surface area (Å²) in [6.07, 6.45) is 6.82. The number of rotatable bonds is 3. The van der Waals surface area contributed by atoms with Crippen LogP contribution in [0.4, 0.5) is 0 Å². The molecule has 1 heterocycles. The smallest absolute Gasteiger partial charge is 0.0499 e. The van der Waals surface area contributed by atoms with Crippen LogP contribution in [0.3, 0.4) is 0 Å². The highest BCUT2D eigenvalue weighted by molar-refractivity contribution is 6.32. The molecular weight excluding hydrogens is 229 g/mol. The number of hydrogen-bond donors (Lipinski definition) is 1. The van der Waals surface area contributed by atoms with E-state index in [0.29, 0.717) is 5.88 Å². The summed E-state index contributed by atoms with van der Waals surface area (Å²) in [4.78, 5) is 3.13. The molecule has 2 aromatic rings. The SMILES string of the molecule is ClCCC=Cc1cc2cc[nH]c2cc1Cl. The third-order valence-corrected chi connectivity index (χ3v) is 2.79. The highest BCUT2D eigenvalue weighted by Gasteiger charge is 2.00. The first-order valence-electron chi connectivity index (χ1n) is 4.80. The number of fused-ring (bicyclic) bond motifs is 1. The largest absolute Gasteiger partial charge is 0.361 e. The number of H-pyrrole nitrogens is 1. The molecule has 1 aromatic carbocycles. The number of halogens is 2. The first-order chi connectivity index (χ1) is 7.31. The average molecular weight is 240 g/mol. The number of nitrogens with one attached hydrogen (secondary N) is 1. The molecule has 0 saturated heterocycles. The van der Waals surface area contributed by atoms with Crippen molar-refractivity contribution in [1.82, 2.24) is 4.98 Å². The molecule has 0 aliphatic rings. The minimum absolute atomic E-state index is 0.639. The topological polar surface area (TPSA) is 15.8 Å². The van der Waals surface area contributed by atoms with E-state index in [1.54, 1.807) is 0 Å². The van der Waals surface area contributed by atoms with Gasteiger partial charge in [-0.3, -0.25) is 0 Å². The Morgan fingerprint density at radius 2 is 2.20 bits per heavy atom. The summed E-state index contributed by atoms with van der Waals surface area (Å²) in [5.41, 5.74) is 2.10. The molecule has 1 nitrogen and oxygen atoms in total. The third kappa shape index (κ3) is 2.36. The van der Waals surface area contributed by atoms with Gasteiger partial charge in [0.15, 0.2) is 0 Å². The average Bonchev–Trinajstić information content (AvgIpc) is 2.65. The molecule has 3 heteroatoms. The maximum Gasteiger partial charge on any atom is 0.0499 e. The summed E-state index contributed by atoms with van der Waals surface area (Å²) in [5, 5.41) is 1.93. The molecule has 2 rings (SSSR count). The summed E-state index contributed by atoms with van der Waals surface area (Å²) in [5.74, 6) is 0.639. The van der Waals surface area contributed by atoms with Crippen LogP contribution >= 0.6 is 23.2 Å². The zero-order chi connectivity index (χ0) is 10.7. The summed E-state index contributed by atoms with van der Waals surface area (Å²) in [7, 11) is 0. The second kappa shape index (κ2) is 4.73. The van der Waals surface area contributed by atoms with Gasteiger partial charge in [0.05, 0.1) is 0 Å². The summed E-state index contributed by atoms with van der Waals surface area (Å²) in [6.45, 7) is 0. The Morgan fingerprint density at radius 3 is 3.00 bits per heavy atom. The lowest BCUT2D eigenvalue weighted by molar-refractivity contribution is 1.24. The Labute approximate surface area is 98.7 Å². The highest BCUT2D eigenvalue weighted by Crippen LogP contribution is 2.24. The van der Waals surface area contributed by atoms with Crippen molar-refractivity contribution in [2.24, 2.45) is 0 Å². The monoisotopic (exact) mass is 239 g/mol. The Hall–Kier alpha value is -0.920. The molecule has 15 heavy (non-hydrogen) atoms. The molecule has 1 N–H and O–H groups in total. The Bertz CT molecular complexity index is 485. The quantitative estimate of drug-likeness (QED) is 0.762. The van der Waals surface area contributed by atoms with E-state index < -0.39 is 0 Å². The van der Waals surface area contributed by atoms with Crippen molar-refractivity contribution in [2.45, 2.75) is 6.42 Å². The predicted molar refractivity (Wildman–Crippen MR) is 67.7 cm³/mol. The molecule has 0 atom stereocenters. The number of alkyl halides is 1.